The number of nitrogens with zero attached hydrogens (tertiary/aromatic N) is 5. The van der Waals surface area contributed by atoms with Crippen molar-refractivity contribution in [2.75, 3.05) is 13.1 Å². The number of hydrogen-bond donors (Lipinski definition) is 1. The van der Waals surface area contributed by atoms with Crippen LogP contribution in [0.15, 0.2) is 41.6 Å². The molecule has 0 unspecified atom stereocenters. The van der Waals surface area contributed by atoms with Gasteiger partial charge in [-0.05, 0) is 68.9 Å². The van der Waals surface area contributed by atoms with E-state index in [0.29, 0.717) is 5.39 Å². The lowest BCUT2D eigenvalue weighted by atomic mass is 10.1. The zero-order valence-electron chi connectivity index (χ0n) is 16.0. The van der Waals surface area contributed by atoms with Gasteiger partial charge in [0.2, 0.25) is 0 Å². The number of nitrogens with one attached hydrogen (secondary N) is 1. The van der Waals surface area contributed by atoms with Gasteiger partial charge in [0.1, 0.15) is 5.69 Å². The topological polar surface area (TPSA) is 77.1 Å². The van der Waals surface area contributed by atoms with Crippen LogP contribution < -0.4 is 10.9 Å². The maximum Gasteiger partial charge on any atom is 0.260 e. The third kappa shape index (κ3) is 2.79. The molecule has 28 heavy (non-hydrogen) atoms. The first-order chi connectivity index (χ1) is 13.6. The molecule has 7 heteroatoms. The minimum Gasteiger partial charge on any atom is -0.317 e. The Morgan fingerprint density at radius 3 is 2.79 bits per heavy atom. The number of piperidine rings is 1. The summed E-state index contributed by atoms with van der Waals surface area (Å²) in [6.45, 7) is 5.88. The van der Waals surface area contributed by atoms with Gasteiger partial charge in [-0.3, -0.25) is 9.78 Å². The first-order valence-corrected chi connectivity index (χ1v) is 9.66. The third-order valence-corrected chi connectivity index (χ3v) is 5.51. The maximum atomic E-state index is 13.0. The lowest BCUT2D eigenvalue weighted by molar-refractivity contribution is 0.362. The Morgan fingerprint density at radius 1 is 1.14 bits per heavy atom. The molecule has 0 amide bonds. The third-order valence-electron chi connectivity index (χ3n) is 5.51. The van der Waals surface area contributed by atoms with Gasteiger partial charge in [0.15, 0.2) is 5.65 Å². The van der Waals surface area contributed by atoms with E-state index in [1.807, 2.05) is 49.0 Å². The average molecular weight is 374 g/mol. The van der Waals surface area contributed by atoms with Crippen LogP contribution in [0.1, 0.15) is 30.1 Å². The van der Waals surface area contributed by atoms with Gasteiger partial charge in [-0.15, -0.1) is 0 Å². The van der Waals surface area contributed by atoms with Crippen molar-refractivity contribution in [2.24, 2.45) is 0 Å². The lowest BCUT2D eigenvalue weighted by Gasteiger charge is -2.24. The minimum absolute atomic E-state index is 0.0354. The fourth-order valence-corrected chi connectivity index (χ4v) is 4.04. The molecule has 4 aromatic heterocycles. The number of imidazole rings is 1. The zero-order chi connectivity index (χ0) is 19.3. The van der Waals surface area contributed by atoms with Crippen molar-refractivity contribution in [3.63, 3.8) is 0 Å². The summed E-state index contributed by atoms with van der Waals surface area (Å²) in [5, 5.41) is 9.54. The summed E-state index contributed by atoms with van der Waals surface area (Å²) in [5.74, 6) is 0. The van der Waals surface area contributed by atoms with E-state index in [0.717, 1.165) is 59.6 Å². The molecule has 0 spiro atoms. The molecule has 1 fully saturated rings. The summed E-state index contributed by atoms with van der Waals surface area (Å²) in [5.41, 5.74) is 4.38. The van der Waals surface area contributed by atoms with Crippen molar-refractivity contribution in [1.82, 2.24) is 29.5 Å². The van der Waals surface area contributed by atoms with E-state index in [2.05, 4.69) is 20.4 Å². The number of pyridine rings is 2. The predicted molar refractivity (Wildman–Crippen MR) is 109 cm³/mol. The fourth-order valence-electron chi connectivity index (χ4n) is 4.04. The standard InChI is InChI=1S/C21H22N6O/c1-13-9-19(25-27-12-14(2)24-20(13)27)18-10-15-5-8-26(16-3-6-22-7-4-16)21(28)17(15)11-23-18/h5,8-12,16,22H,3-4,6-7H2,1-2H3. The Labute approximate surface area is 162 Å². The molecule has 5 rings (SSSR count). The minimum atomic E-state index is 0.0354. The van der Waals surface area contributed by atoms with Crippen LogP contribution in [0.3, 0.4) is 0 Å². The quantitative estimate of drug-likeness (QED) is 0.584. The second-order valence-electron chi connectivity index (χ2n) is 7.53. The average Bonchev–Trinajstić information content (AvgIpc) is 3.09. The van der Waals surface area contributed by atoms with Crippen LogP contribution in [0.2, 0.25) is 0 Å². The van der Waals surface area contributed by atoms with Gasteiger partial charge >= 0.3 is 0 Å². The molecular formula is C21H22N6O. The van der Waals surface area contributed by atoms with Crippen LogP contribution in [0.25, 0.3) is 27.8 Å². The van der Waals surface area contributed by atoms with Gasteiger partial charge in [-0.2, -0.15) is 5.10 Å². The predicted octanol–water partition coefficient (Wildman–Crippen LogP) is 2.65. The van der Waals surface area contributed by atoms with Gasteiger partial charge in [0, 0.05) is 18.4 Å². The monoisotopic (exact) mass is 374 g/mol. The van der Waals surface area contributed by atoms with Crippen molar-refractivity contribution in [2.45, 2.75) is 32.7 Å². The molecule has 1 aliphatic heterocycles. The number of fused-ring (bicyclic) bond motifs is 2. The summed E-state index contributed by atoms with van der Waals surface area (Å²) in [7, 11) is 0. The molecule has 1 saturated heterocycles. The van der Waals surface area contributed by atoms with E-state index in [9.17, 15) is 4.79 Å². The molecule has 1 aliphatic rings. The molecule has 7 nitrogen and oxygen atoms in total. The Kier molecular flexibility index (Phi) is 3.98. The van der Waals surface area contributed by atoms with Crippen LogP contribution in [0.4, 0.5) is 0 Å². The van der Waals surface area contributed by atoms with Crippen LogP contribution in [-0.2, 0) is 0 Å². The van der Waals surface area contributed by atoms with Crippen molar-refractivity contribution >= 4 is 16.4 Å². The van der Waals surface area contributed by atoms with E-state index in [4.69, 9.17) is 0 Å². The van der Waals surface area contributed by atoms with Crippen molar-refractivity contribution in [3.05, 3.63) is 58.4 Å². The van der Waals surface area contributed by atoms with E-state index in [1.54, 1.807) is 10.7 Å². The van der Waals surface area contributed by atoms with Gasteiger partial charge in [-0.25, -0.2) is 9.50 Å². The summed E-state index contributed by atoms with van der Waals surface area (Å²) >= 11 is 0. The zero-order valence-corrected chi connectivity index (χ0v) is 16.0. The fraction of sp³-hybridized carbons (Fsp3) is 0.333. The molecule has 0 aliphatic carbocycles. The molecular weight excluding hydrogens is 352 g/mol. The van der Waals surface area contributed by atoms with E-state index >= 15 is 0 Å². The second kappa shape index (κ2) is 6.53. The first kappa shape index (κ1) is 17.1. The molecule has 0 saturated carbocycles. The highest BCUT2D eigenvalue weighted by Gasteiger charge is 2.17. The van der Waals surface area contributed by atoms with Gasteiger partial charge in [0.25, 0.3) is 5.56 Å². The summed E-state index contributed by atoms with van der Waals surface area (Å²) in [4.78, 5) is 22.0. The highest BCUT2D eigenvalue weighted by atomic mass is 16.1. The molecule has 0 atom stereocenters. The largest absolute Gasteiger partial charge is 0.317 e. The van der Waals surface area contributed by atoms with Gasteiger partial charge in [-0.1, -0.05) is 0 Å². The SMILES string of the molecule is Cc1cn2nc(-c3cc4ccn(C5CCNCC5)c(=O)c4cn3)cc(C)c2n1. The van der Waals surface area contributed by atoms with Crippen molar-refractivity contribution in [3.8, 4) is 11.4 Å². The number of rotatable bonds is 2. The Balaban J connectivity index is 1.59. The highest BCUT2D eigenvalue weighted by molar-refractivity contribution is 5.84. The summed E-state index contributed by atoms with van der Waals surface area (Å²) in [6, 6.07) is 6.21. The van der Waals surface area contributed by atoms with E-state index in [-0.39, 0.29) is 11.6 Å². The molecule has 0 aromatic carbocycles. The molecule has 5 heterocycles. The van der Waals surface area contributed by atoms with Gasteiger partial charge < -0.3 is 9.88 Å². The van der Waals surface area contributed by atoms with E-state index < -0.39 is 0 Å². The van der Waals surface area contributed by atoms with Crippen LogP contribution in [-0.4, -0.2) is 37.2 Å². The molecule has 0 bridgehead atoms. The van der Waals surface area contributed by atoms with Crippen molar-refractivity contribution < 1.29 is 0 Å². The number of hydrogen-bond acceptors (Lipinski definition) is 5. The van der Waals surface area contributed by atoms with Crippen LogP contribution in [0, 0.1) is 13.8 Å². The summed E-state index contributed by atoms with van der Waals surface area (Å²) < 4.78 is 3.66. The first-order valence-electron chi connectivity index (χ1n) is 9.66. The van der Waals surface area contributed by atoms with Gasteiger partial charge in [0.05, 0.1) is 23.0 Å². The molecule has 4 aromatic rings. The number of aromatic nitrogens is 5. The molecule has 0 radical (unpaired) electrons. The van der Waals surface area contributed by atoms with Crippen molar-refractivity contribution in [1.29, 1.82) is 0 Å². The lowest BCUT2D eigenvalue weighted by Crippen LogP contribution is -2.34. The normalized spacial score (nSPS) is 15.5. The molecule has 142 valence electrons. The van der Waals surface area contributed by atoms with Crippen LogP contribution in [0.5, 0.6) is 0 Å². The smallest absolute Gasteiger partial charge is 0.260 e. The number of aryl methyl sites for hydroxylation is 2. The van der Waals surface area contributed by atoms with E-state index in [1.165, 1.54) is 0 Å². The molecule has 1 N–H and O–H groups in total. The Bertz CT molecular complexity index is 1250. The summed E-state index contributed by atoms with van der Waals surface area (Å²) in [6.07, 6.45) is 7.47. The highest BCUT2D eigenvalue weighted by Crippen LogP contribution is 2.23. The maximum absolute atomic E-state index is 13.0. The second-order valence-corrected chi connectivity index (χ2v) is 7.53. The Hall–Kier alpha value is -3.06. The van der Waals surface area contributed by atoms with Crippen LogP contribution >= 0.6 is 0 Å². The Morgan fingerprint density at radius 2 is 1.96 bits per heavy atom.